The van der Waals surface area contributed by atoms with E-state index in [9.17, 15) is 19.6 Å². The first-order valence-electron chi connectivity index (χ1n) is 9.31. The molecule has 32 heavy (non-hydrogen) atoms. The van der Waals surface area contributed by atoms with Crippen molar-refractivity contribution in [3.05, 3.63) is 74.2 Å². The standard InChI is InChI=1S/C22H17BrClN3O4S/c1-31-22(30)19-18(12-5-4-6-13(23)9-12)14(10-25)21(27-20(19)29)32-11-17(28)26-16-8-3-2-7-15(16)24/h2-9,18-19H,11H2,1H3,(H,26,28)(H,27,29)/t18-,19+/m1/s1. The van der Waals surface area contributed by atoms with Crippen LogP contribution in [0.1, 0.15) is 11.5 Å². The summed E-state index contributed by atoms with van der Waals surface area (Å²) in [4.78, 5) is 37.6. The zero-order chi connectivity index (χ0) is 23.3. The van der Waals surface area contributed by atoms with Crippen LogP contribution < -0.4 is 10.6 Å². The molecule has 7 nitrogen and oxygen atoms in total. The van der Waals surface area contributed by atoms with Crippen LogP contribution in [0.3, 0.4) is 0 Å². The van der Waals surface area contributed by atoms with Crippen LogP contribution in [0.4, 0.5) is 5.69 Å². The number of anilines is 1. The number of amides is 2. The molecular formula is C22H17BrClN3O4S. The lowest BCUT2D eigenvalue weighted by molar-refractivity contribution is -0.150. The number of ether oxygens (including phenoxy) is 1. The largest absolute Gasteiger partial charge is 0.468 e. The number of methoxy groups -OCH3 is 1. The summed E-state index contributed by atoms with van der Waals surface area (Å²) in [6.45, 7) is 0. The number of carbonyl (C=O) groups excluding carboxylic acids is 3. The zero-order valence-electron chi connectivity index (χ0n) is 16.7. The lowest BCUT2D eigenvalue weighted by Crippen LogP contribution is -2.44. The van der Waals surface area contributed by atoms with E-state index in [0.29, 0.717) is 16.3 Å². The second-order valence-corrected chi connectivity index (χ2v) is 9.00. The topological polar surface area (TPSA) is 108 Å². The number of nitrogens with zero attached hydrogens (tertiary/aromatic N) is 1. The SMILES string of the molecule is COC(=O)[C@@H]1C(=O)NC(SCC(=O)Nc2ccccc2Cl)=C(C#N)[C@H]1c1cccc(Br)c1. The van der Waals surface area contributed by atoms with Crippen LogP contribution in [0.5, 0.6) is 0 Å². The first-order valence-corrected chi connectivity index (χ1v) is 11.5. The minimum absolute atomic E-state index is 0.0832. The van der Waals surface area contributed by atoms with E-state index in [4.69, 9.17) is 16.3 Å². The number of benzene rings is 2. The Morgan fingerprint density at radius 3 is 2.69 bits per heavy atom. The Kier molecular flexibility index (Phi) is 7.96. The predicted molar refractivity (Wildman–Crippen MR) is 126 cm³/mol. The Balaban J connectivity index is 1.90. The van der Waals surface area contributed by atoms with Crippen LogP contribution in [0.25, 0.3) is 0 Å². The molecule has 3 rings (SSSR count). The minimum Gasteiger partial charge on any atom is -0.468 e. The lowest BCUT2D eigenvalue weighted by Gasteiger charge is -2.31. The van der Waals surface area contributed by atoms with Crippen molar-refractivity contribution in [3.8, 4) is 6.07 Å². The molecule has 0 saturated heterocycles. The average molecular weight is 535 g/mol. The third-order valence-corrected chi connectivity index (χ3v) is 6.53. The van der Waals surface area contributed by atoms with Gasteiger partial charge >= 0.3 is 5.97 Å². The Labute approximate surface area is 202 Å². The number of allylic oxidation sites excluding steroid dienone is 1. The van der Waals surface area contributed by atoms with Crippen molar-refractivity contribution in [2.75, 3.05) is 18.2 Å². The molecule has 1 heterocycles. The predicted octanol–water partition coefficient (Wildman–Crippen LogP) is 4.21. The molecule has 164 valence electrons. The summed E-state index contributed by atoms with van der Waals surface area (Å²) < 4.78 is 5.55. The number of halogens is 2. The van der Waals surface area contributed by atoms with Crippen molar-refractivity contribution < 1.29 is 19.1 Å². The van der Waals surface area contributed by atoms with Crippen LogP contribution >= 0.6 is 39.3 Å². The van der Waals surface area contributed by atoms with Gasteiger partial charge in [-0.1, -0.05) is 63.6 Å². The molecule has 1 aliphatic heterocycles. The van der Waals surface area contributed by atoms with Crippen molar-refractivity contribution in [1.29, 1.82) is 5.26 Å². The number of nitriles is 1. The highest BCUT2D eigenvalue weighted by molar-refractivity contribution is 9.10. The molecule has 0 unspecified atom stereocenters. The molecule has 2 N–H and O–H groups in total. The molecule has 0 spiro atoms. The Bertz CT molecular complexity index is 1150. The van der Waals surface area contributed by atoms with Crippen molar-refractivity contribution in [1.82, 2.24) is 5.32 Å². The van der Waals surface area contributed by atoms with Crippen molar-refractivity contribution in [2.24, 2.45) is 5.92 Å². The van der Waals surface area contributed by atoms with E-state index < -0.39 is 23.7 Å². The maximum atomic E-state index is 12.8. The molecule has 0 aliphatic carbocycles. The smallest absolute Gasteiger partial charge is 0.319 e. The monoisotopic (exact) mass is 533 g/mol. The number of esters is 1. The molecular weight excluding hydrogens is 518 g/mol. The average Bonchev–Trinajstić information content (AvgIpc) is 2.78. The van der Waals surface area contributed by atoms with E-state index in [1.54, 1.807) is 48.5 Å². The summed E-state index contributed by atoms with van der Waals surface area (Å²) in [6.07, 6.45) is 0. The van der Waals surface area contributed by atoms with Gasteiger partial charge in [0.1, 0.15) is 5.92 Å². The minimum atomic E-state index is -1.23. The van der Waals surface area contributed by atoms with Gasteiger partial charge in [0, 0.05) is 10.4 Å². The summed E-state index contributed by atoms with van der Waals surface area (Å²) in [7, 11) is 1.19. The van der Waals surface area contributed by atoms with Gasteiger partial charge in [-0.25, -0.2) is 0 Å². The maximum Gasteiger partial charge on any atom is 0.319 e. The normalized spacial score (nSPS) is 17.9. The Hall–Kier alpha value is -2.80. The van der Waals surface area contributed by atoms with Gasteiger partial charge in [-0.05, 0) is 29.8 Å². The van der Waals surface area contributed by atoms with E-state index in [1.165, 1.54) is 7.11 Å². The fraction of sp³-hybridized carbons (Fsp3) is 0.182. The first kappa shape index (κ1) is 23.9. The Morgan fingerprint density at radius 1 is 1.28 bits per heavy atom. The summed E-state index contributed by atoms with van der Waals surface area (Å²) >= 11 is 10.4. The second kappa shape index (κ2) is 10.7. The highest BCUT2D eigenvalue weighted by Crippen LogP contribution is 2.40. The van der Waals surface area contributed by atoms with E-state index in [1.807, 2.05) is 0 Å². The third kappa shape index (κ3) is 5.33. The van der Waals surface area contributed by atoms with Gasteiger partial charge in [0.25, 0.3) is 0 Å². The van der Waals surface area contributed by atoms with Crippen LogP contribution in [0.15, 0.2) is 63.6 Å². The van der Waals surface area contributed by atoms with Crippen LogP contribution in [-0.4, -0.2) is 30.6 Å². The van der Waals surface area contributed by atoms with Crippen molar-refractivity contribution >= 4 is 62.8 Å². The van der Waals surface area contributed by atoms with Crippen LogP contribution in [0.2, 0.25) is 5.02 Å². The second-order valence-electron chi connectivity index (χ2n) is 6.69. The quantitative estimate of drug-likeness (QED) is 0.425. The van der Waals surface area contributed by atoms with Crippen LogP contribution in [-0.2, 0) is 19.1 Å². The molecule has 2 amide bonds. The summed E-state index contributed by atoms with van der Waals surface area (Å²) in [6, 6.07) is 15.9. The highest BCUT2D eigenvalue weighted by Gasteiger charge is 2.44. The molecule has 2 aromatic rings. The van der Waals surface area contributed by atoms with E-state index in [-0.39, 0.29) is 22.3 Å². The van der Waals surface area contributed by atoms with Crippen molar-refractivity contribution in [3.63, 3.8) is 0 Å². The molecule has 2 aromatic carbocycles. The van der Waals surface area contributed by atoms with Gasteiger partial charge in [0.15, 0.2) is 0 Å². The molecule has 2 atom stereocenters. The summed E-state index contributed by atoms with van der Waals surface area (Å²) in [5.41, 5.74) is 1.23. The van der Waals surface area contributed by atoms with Crippen molar-refractivity contribution in [2.45, 2.75) is 5.92 Å². The Morgan fingerprint density at radius 2 is 2.03 bits per heavy atom. The number of nitrogens with one attached hydrogen (secondary N) is 2. The van der Waals surface area contributed by atoms with Gasteiger partial charge in [0.05, 0.1) is 40.2 Å². The number of thioether (sulfide) groups is 1. The zero-order valence-corrected chi connectivity index (χ0v) is 19.9. The third-order valence-electron chi connectivity index (χ3n) is 4.69. The number of rotatable bonds is 6. The van der Waals surface area contributed by atoms with Gasteiger partial charge in [0.2, 0.25) is 11.8 Å². The molecule has 0 fully saturated rings. The molecule has 0 saturated carbocycles. The number of para-hydroxylation sites is 1. The van der Waals surface area contributed by atoms with Gasteiger partial charge in [-0.3, -0.25) is 14.4 Å². The van der Waals surface area contributed by atoms with Gasteiger partial charge in [-0.15, -0.1) is 0 Å². The highest BCUT2D eigenvalue weighted by atomic mass is 79.9. The molecule has 0 bridgehead atoms. The van der Waals surface area contributed by atoms with E-state index in [0.717, 1.165) is 16.2 Å². The van der Waals surface area contributed by atoms with Gasteiger partial charge in [-0.2, -0.15) is 5.26 Å². The number of hydrogen-bond acceptors (Lipinski definition) is 6. The van der Waals surface area contributed by atoms with E-state index in [2.05, 4.69) is 32.6 Å². The maximum absolute atomic E-state index is 12.8. The molecule has 10 heteroatoms. The fourth-order valence-corrected chi connectivity index (χ4v) is 4.71. The molecule has 0 radical (unpaired) electrons. The van der Waals surface area contributed by atoms with Crippen LogP contribution in [0, 0.1) is 17.2 Å². The lowest BCUT2D eigenvalue weighted by atomic mass is 9.78. The number of hydrogen-bond donors (Lipinski definition) is 2. The molecule has 0 aromatic heterocycles. The summed E-state index contributed by atoms with van der Waals surface area (Å²) in [5.74, 6) is -3.88. The fourth-order valence-electron chi connectivity index (χ4n) is 3.27. The van der Waals surface area contributed by atoms with Gasteiger partial charge < -0.3 is 15.4 Å². The number of carbonyl (C=O) groups is 3. The van der Waals surface area contributed by atoms with E-state index >= 15 is 0 Å². The first-order chi connectivity index (χ1) is 15.3. The molecule has 1 aliphatic rings. The summed E-state index contributed by atoms with van der Waals surface area (Å²) in [5, 5.41) is 15.8.